The third kappa shape index (κ3) is 5.61. The summed E-state index contributed by atoms with van der Waals surface area (Å²) in [5.74, 6) is 0.297. The molecule has 0 aromatic carbocycles. The van der Waals surface area contributed by atoms with Gasteiger partial charge in [0.05, 0.1) is 10.3 Å². The number of aliphatic hydroxyl groups excluding tert-OH is 1. The number of aliphatic hydroxyl groups is 1. The molecule has 0 aliphatic heterocycles. The van der Waals surface area contributed by atoms with Crippen LogP contribution in [-0.2, 0) is 4.79 Å². The molecule has 2 unspecified atom stereocenters. The molecule has 19 heavy (non-hydrogen) atoms. The largest absolute Gasteiger partial charge is 0.396 e. The predicted octanol–water partition coefficient (Wildman–Crippen LogP) is 2.09. The predicted molar refractivity (Wildman–Crippen MR) is 78.0 cm³/mol. The van der Waals surface area contributed by atoms with Crippen molar-refractivity contribution in [1.82, 2.24) is 10.3 Å². The SMILES string of the molecule is CC(Sc1ccccn1)C(=O)NC(CCO)C(C)C. The number of rotatable bonds is 7. The molecule has 4 nitrogen and oxygen atoms in total. The highest BCUT2D eigenvalue weighted by Crippen LogP contribution is 2.21. The fourth-order valence-electron chi connectivity index (χ4n) is 1.66. The second-order valence-corrected chi connectivity index (χ2v) is 6.16. The van der Waals surface area contributed by atoms with Crippen molar-refractivity contribution < 1.29 is 9.90 Å². The van der Waals surface area contributed by atoms with Crippen molar-refractivity contribution in [3.05, 3.63) is 24.4 Å². The van der Waals surface area contributed by atoms with Crippen LogP contribution in [0.5, 0.6) is 0 Å². The van der Waals surface area contributed by atoms with Crippen LogP contribution in [-0.4, -0.2) is 33.9 Å². The molecule has 2 atom stereocenters. The maximum atomic E-state index is 12.1. The summed E-state index contributed by atoms with van der Waals surface area (Å²) in [6, 6.07) is 5.67. The van der Waals surface area contributed by atoms with E-state index in [0.717, 1.165) is 5.03 Å². The van der Waals surface area contributed by atoms with Crippen LogP contribution in [0, 0.1) is 5.92 Å². The van der Waals surface area contributed by atoms with Gasteiger partial charge in [0.2, 0.25) is 5.91 Å². The Balaban J connectivity index is 2.52. The summed E-state index contributed by atoms with van der Waals surface area (Å²) >= 11 is 1.44. The third-order valence-electron chi connectivity index (χ3n) is 2.88. The summed E-state index contributed by atoms with van der Waals surface area (Å²) in [4.78, 5) is 16.3. The first kappa shape index (κ1) is 16.0. The van der Waals surface area contributed by atoms with Crippen molar-refractivity contribution >= 4 is 17.7 Å². The number of thioether (sulfide) groups is 1. The zero-order valence-corrected chi connectivity index (χ0v) is 12.5. The van der Waals surface area contributed by atoms with E-state index in [9.17, 15) is 4.79 Å². The van der Waals surface area contributed by atoms with E-state index < -0.39 is 0 Å². The van der Waals surface area contributed by atoms with Crippen LogP contribution < -0.4 is 5.32 Å². The van der Waals surface area contributed by atoms with Crippen molar-refractivity contribution in [2.24, 2.45) is 5.92 Å². The lowest BCUT2D eigenvalue weighted by Gasteiger charge is -2.23. The van der Waals surface area contributed by atoms with Crippen LogP contribution in [0.25, 0.3) is 0 Å². The Hall–Kier alpha value is -1.07. The van der Waals surface area contributed by atoms with Gasteiger partial charge < -0.3 is 10.4 Å². The summed E-state index contributed by atoms with van der Waals surface area (Å²) < 4.78 is 0. The van der Waals surface area contributed by atoms with Gasteiger partial charge in [-0.05, 0) is 31.4 Å². The number of aromatic nitrogens is 1. The molecular weight excluding hydrogens is 260 g/mol. The fourth-order valence-corrected chi connectivity index (χ4v) is 2.48. The van der Waals surface area contributed by atoms with E-state index in [4.69, 9.17) is 5.11 Å². The first-order valence-electron chi connectivity index (χ1n) is 6.53. The Morgan fingerprint density at radius 1 is 1.42 bits per heavy atom. The summed E-state index contributed by atoms with van der Waals surface area (Å²) in [6.45, 7) is 6.03. The maximum absolute atomic E-state index is 12.1. The monoisotopic (exact) mass is 282 g/mol. The molecule has 1 aromatic heterocycles. The highest BCUT2D eigenvalue weighted by molar-refractivity contribution is 8.00. The van der Waals surface area contributed by atoms with Gasteiger partial charge in [-0.25, -0.2) is 4.98 Å². The zero-order chi connectivity index (χ0) is 14.3. The van der Waals surface area contributed by atoms with Crippen molar-refractivity contribution in [1.29, 1.82) is 0 Å². The molecular formula is C14H22N2O2S. The number of hydrogen-bond acceptors (Lipinski definition) is 4. The third-order valence-corrected chi connectivity index (χ3v) is 3.93. The second kappa shape index (κ2) is 8.17. The van der Waals surface area contributed by atoms with Crippen LogP contribution in [0.15, 0.2) is 29.4 Å². The number of carbonyl (C=O) groups is 1. The fraction of sp³-hybridized carbons (Fsp3) is 0.571. The van der Waals surface area contributed by atoms with E-state index in [2.05, 4.69) is 10.3 Å². The Kier molecular flexibility index (Phi) is 6.87. The molecule has 1 amide bonds. The summed E-state index contributed by atoms with van der Waals surface area (Å²) in [7, 11) is 0. The minimum atomic E-state index is -0.199. The molecule has 1 rings (SSSR count). The van der Waals surface area contributed by atoms with E-state index in [1.54, 1.807) is 6.20 Å². The zero-order valence-electron chi connectivity index (χ0n) is 11.7. The molecule has 2 N–H and O–H groups in total. The Morgan fingerprint density at radius 2 is 2.16 bits per heavy atom. The normalized spacial score (nSPS) is 14.2. The van der Waals surface area contributed by atoms with E-state index >= 15 is 0 Å². The van der Waals surface area contributed by atoms with Crippen LogP contribution in [0.1, 0.15) is 27.2 Å². The lowest BCUT2D eigenvalue weighted by atomic mass is 10.0. The Labute approximate surface area is 119 Å². The molecule has 1 heterocycles. The molecule has 0 fully saturated rings. The van der Waals surface area contributed by atoms with Crippen molar-refractivity contribution in [2.45, 2.75) is 43.5 Å². The van der Waals surface area contributed by atoms with E-state index in [1.165, 1.54) is 11.8 Å². The number of carbonyl (C=O) groups excluding carboxylic acids is 1. The highest BCUT2D eigenvalue weighted by Gasteiger charge is 2.20. The molecule has 0 aliphatic rings. The highest BCUT2D eigenvalue weighted by atomic mass is 32.2. The number of hydrogen-bond donors (Lipinski definition) is 2. The van der Waals surface area contributed by atoms with Gasteiger partial charge in [-0.1, -0.05) is 31.7 Å². The van der Waals surface area contributed by atoms with Gasteiger partial charge in [-0.2, -0.15) is 0 Å². The van der Waals surface area contributed by atoms with Gasteiger partial charge in [0, 0.05) is 18.8 Å². The number of pyridine rings is 1. The van der Waals surface area contributed by atoms with Crippen LogP contribution in [0.2, 0.25) is 0 Å². The van der Waals surface area contributed by atoms with Crippen LogP contribution in [0.4, 0.5) is 0 Å². The topological polar surface area (TPSA) is 62.2 Å². The minimum absolute atomic E-state index is 0.0113. The van der Waals surface area contributed by atoms with Crippen LogP contribution >= 0.6 is 11.8 Å². The maximum Gasteiger partial charge on any atom is 0.233 e. The Bertz CT molecular complexity index is 384. The Morgan fingerprint density at radius 3 is 2.68 bits per heavy atom. The van der Waals surface area contributed by atoms with Crippen molar-refractivity contribution in [3.63, 3.8) is 0 Å². The van der Waals surface area contributed by atoms with Crippen LogP contribution in [0.3, 0.4) is 0 Å². The summed E-state index contributed by atoms with van der Waals surface area (Å²) in [5, 5.41) is 12.6. The summed E-state index contributed by atoms with van der Waals surface area (Å²) in [5.41, 5.74) is 0. The van der Waals surface area contributed by atoms with Crippen molar-refractivity contribution in [3.8, 4) is 0 Å². The molecule has 0 spiro atoms. The average molecular weight is 282 g/mol. The molecule has 0 saturated heterocycles. The lowest BCUT2D eigenvalue weighted by molar-refractivity contribution is -0.121. The van der Waals surface area contributed by atoms with Gasteiger partial charge in [-0.3, -0.25) is 4.79 Å². The van der Waals surface area contributed by atoms with Gasteiger partial charge in [0.15, 0.2) is 0 Å². The molecule has 0 aliphatic carbocycles. The molecule has 1 aromatic rings. The second-order valence-electron chi connectivity index (χ2n) is 4.80. The summed E-state index contributed by atoms with van der Waals surface area (Å²) in [6.07, 6.45) is 2.31. The van der Waals surface area contributed by atoms with Gasteiger partial charge in [-0.15, -0.1) is 0 Å². The quantitative estimate of drug-likeness (QED) is 0.752. The van der Waals surface area contributed by atoms with Gasteiger partial charge in [0.25, 0.3) is 0 Å². The standard InChI is InChI=1S/C14H22N2O2S/c1-10(2)12(7-9-17)16-14(18)11(3)19-13-6-4-5-8-15-13/h4-6,8,10-12,17H,7,9H2,1-3H3,(H,16,18). The first-order valence-corrected chi connectivity index (χ1v) is 7.41. The smallest absolute Gasteiger partial charge is 0.233 e. The average Bonchev–Trinajstić information content (AvgIpc) is 2.39. The number of amides is 1. The van der Waals surface area contributed by atoms with E-state index in [0.29, 0.717) is 12.3 Å². The molecule has 0 radical (unpaired) electrons. The molecule has 0 bridgehead atoms. The number of nitrogens with one attached hydrogen (secondary N) is 1. The first-order chi connectivity index (χ1) is 9.04. The van der Waals surface area contributed by atoms with Gasteiger partial charge in [0.1, 0.15) is 0 Å². The minimum Gasteiger partial charge on any atom is -0.396 e. The lowest BCUT2D eigenvalue weighted by Crippen LogP contribution is -2.42. The molecule has 5 heteroatoms. The molecule has 106 valence electrons. The molecule has 0 saturated carbocycles. The van der Waals surface area contributed by atoms with E-state index in [1.807, 2.05) is 39.0 Å². The van der Waals surface area contributed by atoms with Gasteiger partial charge >= 0.3 is 0 Å². The van der Waals surface area contributed by atoms with Crippen molar-refractivity contribution in [2.75, 3.05) is 6.61 Å². The number of nitrogens with zero attached hydrogens (tertiary/aromatic N) is 1. The van der Waals surface area contributed by atoms with E-state index in [-0.39, 0.29) is 23.8 Å².